The molecule has 2 rings (SSSR count). The quantitative estimate of drug-likeness (QED) is 0.805. The SMILES string of the molecule is C#CCOc1ccc(C(=O)NC[C@@H](O)c2cccc(F)c2)cc1. The van der Waals surface area contributed by atoms with Gasteiger partial charge in [-0.05, 0) is 42.0 Å². The summed E-state index contributed by atoms with van der Waals surface area (Å²) in [6.07, 6.45) is 4.11. The lowest BCUT2D eigenvalue weighted by Gasteiger charge is -2.12. The highest BCUT2D eigenvalue weighted by molar-refractivity contribution is 5.94. The zero-order valence-electron chi connectivity index (χ0n) is 12.3. The molecule has 0 radical (unpaired) electrons. The van der Waals surface area contributed by atoms with Crippen LogP contribution in [0.1, 0.15) is 22.0 Å². The minimum atomic E-state index is -0.979. The zero-order chi connectivity index (χ0) is 16.7. The van der Waals surface area contributed by atoms with E-state index in [1.807, 2.05) is 0 Å². The number of halogens is 1. The average molecular weight is 313 g/mol. The number of carbonyl (C=O) groups excluding carboxylic acids is 1. The molecule has 0 spiro atoms. The summed E-state index contributed by atoms with van der Waals surface area (Å²) in [5, 5.41) is 12.6. The Bertz CT molecular complexity index is 707. The number of aliphatic hydroxyl groups excluding tert-OH is 1. The first-order chi connectivity index (χ1) is 11.1. The van der Waals surface area contributed by atoms with Crippen LogP contribution in [0.15, 0.2) is 48.5 Å². The molecule has 5 heteroatoms. The molecule has 1 amide bonds. The van der Waals surface area contributed by atoms with E-state index in [9.17, 15) is 14.3 Å². The molecule has 0 aliphatic carbocycles. The molecule has 0 fully saturated rings. The van der Waals surface area contributed by atoms with Gasteiger partial charge < -0.3 is 15.2 Å². The Morgan fingerprint density at radius 3 is 2.70 bits per heavy atom. The Morgan fingerprint density at radius 1 is 1.30 bits per heavy atom. The minimum absolute atomic E-state index is 0.0162. The Hall–Kier alpha value is -2.84. The molecule has 0 heterocycles. The van der Waals surface area contributed by atoms with E-state index < -0.39 is 11.9 Å². The Labute approximate surface area is 133 Å². The van der Waals surface area contributed by atoms with Crippen molar-refractivity contribution in [2.75, 3.05) is 13.2 Å². The highest BCUT2D eigenvalue weighted by Gasteiger charge is 2.11. The third-order valence-electron chi connectivity index (χ3n) is 3.13. The lowest BCUT2D eigenvalue weighted by molar-refractivity contribution is 0.0916. The van der Waals surface area contributed by atoms with Gasteiger partial charge in [0.25, 0.3) is 5.91 Å². The van der Waals surface area contributed by atoms with Gasteiger partial charge in [0, 0.05) is 12.1 Å². The van der Waals surface area contributed by atoms with Crippen LogP contribution in [-0.4, -0.2) is 24.2 Å². The zero-order valence-corrected chi connectivity index (χ0v) is 12.3. The molecule has 0 unspecified atom stereocenters. The molecule has 4 nitrogen and oxygen atoms in total. The highest BCUT2D eigenvalue weighted by atomic mass is 19.1. The van der Waals surface area contributed by atoms with Crippen molar-refractivity contribution < 1.29 is 19.0 Å². The summed E-state index contributed by atoms with van der Waals surface area (Å²) in [6, 6.07) is 12.1. The highest BCUT2D eigenvalue weighted by Crippen LogP contribution is 2.14. The van der Waals surface area contributed by atoms with Crippen LogP contribution in [0.3, 0.4) is 0 Å². The fourth-order valence-electron chi connectivity index (χ4n) is 1.95. The van der Waals surface area contributed by atoms with Crippen molar-refractivity contribution in [2.45, 2.75) is 6.10 Å². The molecule has 2 N–H and O–H groups in total. The second-order valence-corrected chi connectivity index (χ2v) is 4.80. The first kappa shape index (κ1) is 16.5. The van der Waals surface area contributed by atoms with Gasteiger partial charge in [0.05, 0.1) is 6.10 Å². The van der Waals surface area contributed by atoms with Crippen molar-refractivity contribution in [3.8, 4) is 18.1 Å². The topological polar surface area (TPSA) is 58.6 Å². The molecule has 0 aliphatic rings. The number of aliphatic hydroxyl groups is 1. The molecule has 2 aromatic rings. The van der Waals surface area contributed by atoms with Crippen LogP contribution in [0.5, 0.6) is 5.75 Å². The van der Waals surface area contributed by atoms with Crippen LogP contribution in [0.2, 0.25) is 0 Å². The molecule has 0 saturated heterocycles. The van der Waals surface area contributed by atoms with Crippen LogP contribution in [0, 0.1) is 18.2 Å². The van der Waals surface area contributed by atoms with Crippen LogP contribution in [0.4, 0.5) is 4.39 Å². The van der Waals surface area contributed by atoms with Crippen molar-refractivity contribution >= 4 is 5.91 Å². The first-order valence-electron chi connectivity index (χ1n) is 6.98. The second-order valence-electron chi connectivity index (χ2n) is 4.80. The molecule has 118 valence electrons. The van der Waals surface area contributed by atoms with Gasteiger partial charge in [-0.2, -0.15) is 0 Å². The number of benzene rings is 2. The predicted molar refractivity (Wildman–Crippen MR) is 84.5 cm³/mol. The smallest absolute Gasteiger partial charge is 0.251 e. The molecule has 0 aliphatic heterocycles. The van der Waals surface area contributed by atoms with Crippen LogP contribution >= 0.6 is 0 Å². The van der Waals surface area contributed by atoms with E-state index in [1.165, 1.54) is 18.2 Å². The van der Waals surface area contributed by atoms with Gasteiger partial charge in [-0.15, -0.1) is 6.42 Å². The lowest BCUT2D eigenvalue weighted by Crippen LogP contribution is -2.28. The Morgan fingerprint density at radius 2 is 2.04 bits per heavy atom. The third-order valence-corrected chi connectivity index (χ3v) is 3.13. The standard InChI is InChI=1S/C18H16FNO3/c1-2-10-23-16-8-6-13(7-9-16)18(22)20-12-17(21)14-4-3-5-15(19)11-14/h1,3-9,11,17,21H,10,12H2,(H,20,22)/t17-/m1/s1. The van der Waals surface area contributed by atoms with Crippen molar-refractivity contribution in [2.24, 2.45) is 0 Å². The number of rotatable bonds is 6. The summed E-state index contributed by atoms with van der Waals surface area (Å²) in [4.78, 5) is 12.0. The molecule has 1 atom stereocenters. The number of carbonyl (C=O) groups is 1. The Balaban J connectivity index is 1.90. The summed E-state index contributed by atoms with van der Waals surface area (Å²) in [6.45, 7) is 0.142. The van der Waals surface area contributed by atoms with E-state index in [0.29, 0.717) is 16.9 Å². The second kappa shape index (κ2) is 7.97. The maximum Gasteiger partial charge on any atom is 0.251 e. The van der Waals surface area contributed by atoms with E-state index in [4.69, 9.17) is 11.2 Å². The van der Waals surface area contributed by atoms with Crippen LogP contribution in [0.25, 0.3) is 0 Å². The summed E-state index contributed by atoms with van der Waals surface area (Å²) in [5.41, 5.74) is 0.827. The van der Waals surface area contributed by atoms with Gasteiger partial charge in [-0.3, -0.25) is 4.79 Å². The van der Waals surface area contributed by atoms with E-state index in [2.05, 4.69) is 11.2 Å². The minimum Gasteiger partial charge on any atom is -0.481 e. The average Bonchev–Trinajstić information content (AvgIpc) is 2.58. The van der Waals surface area contributed by atoms with E-state index in [-0.39, 0.29) is 19.1 Å². The molecule has 0 aromatic heterocycles. The van der Waals surface area contributed by atoms with Gasteiger partial charge in [0.2, 0.25) is 0 Å². The number of hydrogen-bond donors (Lipinski definition) is 2. The normalized spacial score (nSPS) is 11.3. The van der Waals surface area contributed by atoms with E-state index in [1.54, 1.807) is 30.3 Å². The largest absolute Gasteiger partial charge is 0.481 e. The van der Waals surface area contributed by atoms with Gasteiger partial charge in [0.1, 0.15) is 18.2 Å². The molecular weight excluding hydrogens is 297 g/mol. The van der Waals surface area contributed by atoms with Gasteiger partial charge in [-0.1, -0.05) is 18.1 Å². The number of nitrogens with one attached hydrogen (secondary N) is 1. The number of terminal acetylenes is 1. The molecular formula is C18H16FNO3. The molecule has 23 heavy (non-hydrogen) atoms. The summed E-state index contributed by atoms with van der Waals surface area (Å²) in [7, 11) is 0. The van der Waals surface area contributed by atoms with Crippen LogP contribution < -0.4 is 10.1 Å². The van der Waals surface area contributed by atoms with Crippen LogP contribution in [-0.2, 0) is 0 Å². The molecule has 0 saturated carbocycles. The third kappa shape index (κ3) is 4.83. The van der Waals surface area contributed by atoms with Gasteiger partial charge in [-0.25, -0.2) is 4.39 Å². The first-order valence-corrected chi connectivity index (χ1v) is 6.98. The molecule has 2 aromatic carbocycles. The predicted octanol–water partition coefficient (Wildman–Crippen LogP) is 2.30. The lowest BCUT2D eigenvalue weighted by atomic mass is 10.1. The van der Waals surface area contributed by atoms with E-state index in [0.717, 1.165) is 0 Å². The van der Waals surface area contributed by atoms with Crippen molar-refractivity contribution in [1.82, 2.24) is 5.32 Å². The fourth-order valence-corrected chi connectivity index (χ4v) is 1.95. The summed E-state index contributed by atoms with van der Waals surface area (Å²) in [5.74, 6) is 2.14. The monoisotopic (exact) mass is 313 g/mol. The maximum atomic E-state index is 13.1. The fraction of sp³-hybridized carbons (Fsp3) is 0.167. The Kier molecular flexibility index (Phi) is 5.73. The van der Waals surface area contributed by atoms with Crippen molar-refractivity contribution in [1.29, 1.82) is 0 Å². The summed E-state index contributed by atoms with van der Waals surface area (Å²) < 4.78 is 18.3. The number of ether oxygens (including phenoxy) is 1. The maximum absolute atomic E-state index is 13.1. The van der Waals surface area contributed by atoms with E-state index >= 15 is 0 Å². The van der Waals surface area contributed by atoms with Gasteiger partial charge in [0.15, 0.2) is 0 Å². The molecule has 0 bridgehead atoms. The summed E-state index contributed by atoms with van der Waals surface area (Å²) >= 11 is 0. The van der Waals surface area contributed by atoms with Crippen molar-refractivity contribution in [3.63, 3.8) is 0 Å². The number of hydrogen-bond acceptors (Lipinski definition) is 3. The van der Waals surface area contributed by atoms with Gasteiger partial charge >= 0.3 is 0 Å². The van der Waals surface area contributed by atoms with Crippen molar-refractivity contribution in [3.05, 3.63) is 65.5 Å². The number of amides is 1.